The van der Waals surface area contributed by atoms with Crippen LogP contribution in [0.2, 0.25) is 10.0 Å². The molecule has 37 heavy (non-hydrogen) atoms. The van der Waals surface area contributed by atoms with Crippen molar-refractivity contribution in [3.63, 3.8) is 0 Å². The molecular weight excluding hydrogens is 522 g/mol. The number of halogens is 3. The second-order valence-corrected chi connectivity index (χ2v) is 9.50. The van der Waals surface area contributed by atoms with Crippen LogP contribution in [0, 0.1) is 5.82 Å². The van der Waals surface area contributed by atoms with Crippen molar-refractivity contribution < 1.29 is 23.5 Å². The van der Waals surface area contributed by atoms with E-state index in [-0.39, 0.29) is 35.2 Å². The number of hydrogen-bond donors (Lipinski definition) is 1. The monoisotopic (exact) mass is 548 g/mol. The molecule has 2 aliphatic heterocycles. The third-order valence-corrected chi connectivity index (χ3v) is 7.34. The predicted octanol–water partition coefficient (Wildman–Crippen LogP) is 4.10. The number of nitrogens with zero attached hydrogens (tertiary/aromatic N) is 3. The van der Waals surface area contributed by atoms with E-state index in [1.807, 2.05) is 4.90 Å². The molecule has 11 heteroatoms. The number of carbonyl (C=O) groups is 3. The Morgan fingerprint density at radius 3 is 2.46 bits per heavy atom. The van der Waals surface area contributed by atoms with Crippen molar-refractivity contribution in [1.82, 2.24) is 20.0 Å². The molecule has 2 heterocycles. The third kappa shape index (κ3) is 5.58. The molecule has 8 nitrogen and oxygen atoms in total. The fourth-order valence-electron chi connectivity index (χ4n) is 4.50. The highest BCUT2D eigenvalue weighted by atomic mass is 35.5. The Balaban J connectivity index is 1.60. The number of urea groups is 1. The highest BCUT2D eigenvalue weighted by molar-refractivity contribution is 6.42. The zero-order valence-corrected chi connectivity index (χ0v) is 22.0. The van der Waals surface area contributed by atoms with Gasteiger partial charge < -0.3 is 15.0 Å². The second kappa shape index (κ2) is 11.5. The molecule has 1 saturated heterocycles. The minimum atomic E-state index is -0.854. The summed E-state index contributed by atoms with van der Waals surface area (Å²) < 4.78 is 19.5. The topological polar surface area (TPSA) is 82.2 Å². The van der Waals surface area contributed by atoms with E-state index in [0.29, 0.717) is 42.5 Å². The van der Waals surface area contributed by atoms with Crippen molar-refractivity contribution in [1.29, 1.82) is 0 Å². The average Bonchev–Trinajstić information content (AvgIpc) is 2.88. The van der Waals surface area contributed by atoms with Crippen molar-refractivity contribution in [3.8, 4) is 0 Å². The van der Waals surface area contributed by atoms with E-state index in [0.717, 1.165) is 0 Å². The zero-order valence-electron chi connectivity index (χ0n) is 20.5. The van der Waals surface area contributed by atoms with Crippen LogP contribution in [0.4, 0.5) is 9.18 Å². The molecule has 3 amide bonds. The molecule has 0 unspecified atom stereocenters. The molecule has 0 spiro atoms. The number of amides is 3. The molecule has 0 aromatic heterocycles. The van der Waals surface area contributed by atoms with E-state index in [4.69, 9.17) is 27.9 Å². The number of rotatable bonds is 6. The smallest absolute Gasteiger partial charge is 0.338 e. The lowest BCUT2D eigenvalue weighted by atomic mass is 9.94. The Morgan fingerprint density at radius 1 is 1.08 bits per heavy atom. The fraction of sp³-hybridized carbons (Fsp3) is 0.346. The number of esters is 1. The number of nitrogens with one attached hydrogen (secondary N) is 1. The van der Waals surface area contributed by atoms with Gasteiger partial charge in [-0.1, -0.05) is 47.5 Å². The van der Waals surface area contributed by atoms with Crippen LogP contribution in [0.1, 0.15) is 28.9 Å². The van der Waals surface area contributed by atoms with Gasteiger partial charge in [0.25, 0.3) is 5.91 Å². The standard InChI is InChI=1S/C26H27Cl2FN4O4/c1-3-37-25(35)21-20(31(2)26(36)30-23(21)17-8-6-9-18(27)22(17)28)15-32-11-13-33(14-12-32)24(34)16-7-4-5-10-19(16)29/h4-10,23H,3,11-15H2,1-2H3,(H,30,36)/t23-/m1/s1. The van der Waals surface area contributed by atoms with Gasteiger partial charge in [0, 0.05) is 45.5 Å². The van der Waals surface area contributed by atoms with Gasteiger partial charge in [0.2, 0.25) is 0 Å². The molecule has 0 aliphatic carbocycles. The van der Waals surface area contributed by atoms with Gasteiger partial charge in [-0.2, -0.15) is 0 Å². The molecular formula is C26H27Cl2FN4O4. The first-order valence-corrected chi connectivity index (χ1v) is 12.6. The Morgan fingerprint density at radius 2 is 1.78 bits per heavy atom. The summed E-state index contributed by atoms with van der Waals surface area (Å²) in [7, 11) is 1.58. The summed E-state index contributed by atoms with van der Waals surface area (Å²) >= 11 is 12.7. The SMILES string of the molecule is CCOC(=O)C1=C(CN2CCN(C(=O)c3ccccc3F)CC2)N(C)C(=O)N[C@@H]1c1cccc(Cl)c1Cl. The second-order valence-electron chi connectivity index (χ2n) is 8.71. The molecule has 2 aliphatic rings. The zero-order chi connectivity index (χ0) is 26.7. The minimum absolute atomic E-state index is 0.0354. The van der Waals surface area contributed by atoms with Crippen LogP contribution in [0.3, 0.4) is 0 Å². The first-order chi connectivity index (χ1) is 17.7. The largest absolute Gasteiger partial charge is 0.463 e. The number of hydrogen-bond acceptors (Lipinski definition) is 5. The summed E-state index contributed by atoms with van der Waals surface area (Å²) in [6.07, 6.45) is 0. The van der Waals surface area contributed by atoms with Crippen molar-refractivity contribution in [2.24, 2.45) is 0 Å². The lowest BCUT2D eigenvalue weighted by Crippen LogP contribution is -2.53. The maximum atomic E-state index is 14.1. The fourth-order valence-corrected chi connectivity index (χ4v) is 4.92. The van der Waals surface area contributed by atoms with Crippen LogP contribution in [0.15, 0.2) is 53.7 Å². The molecule has 4 rings (SSSR count). The van der Waals surface area contributed by atoms with Crippen LogP contribution < -0.4 is 5.32 Å². The highest BCUT2D eigenvalue weighted by Gasteiger charge is 2.39. The lowest BCUT2D eigenvalue weighted by molar-refractivity contribution is -0.139. The number of ether oxygens (including phenoxy) is 1. The summed E-state index contributed by atoms with van der Waals surface area (Å²) in [4.78, 5) is 43.9. The van der Waals surface area contributed by atoms with Crippen LogP contribution in [-0.4, -0.2) is 79.0 Å². The van der Waals surface area contributed by atoms with Crippen LogP contribution in [0.25, 0.3) is 0 Å². The maximum Gasteiger partial charge on any atom is 0.338 e. The van der Waals surface area contributed by atoms with Gasteiger partial charge in [0.1, 0.15) is 5.82 Å². The van der Waals surface area contributed by atoms with E-state index in [1.165, 1.54) is 17.0 Å². The molecule has 196 valence electrons. The molecule has 1 fully saturated rings. The van der Waals surface area contributed by atoms with Crippen molar-refractivity contribution in [3.05, 3.63) is 80.7 Å². The summed E-state index contributed by atoms with van der Waals surface area (Å²) in [6, 6.07) is 9.67. The normalized spacial score (nSPS) is 18.6. The van der Waals surface area contributed by atoms with Gasteiger partial charge in [-0.15, -0.1) is 0 Å². The first kappa shape index (κ1) is 26.9. The van der Waals surface area contributed by atoms with Gasteiger partial charge in [0.05, 0.1) is 33.8 Å². The molecule has 2 aromatic carbocycles. The van der Waals surface area contributed by atoms with E-state index in [9.17, 15) is 18.8 Å². The summed E-state index contributed by atoms with van der Waals surface area (Å²) in [5.74, 6) is -1.49. The summed E-state index contributed by atoms with van der Waals surface area (Å²) in [5.41, 5.74) is 1.25. The van der Waals surface area contributed by atoms with E-state index in [1.54, 1.807) is 49.2 Å². The van der Waals surface area contributed by atoms with Gasteiger partial charge in [-0.3, -0.25) is 14.6 Å². The maximum absolute atomic E-state index is 14.1. The van der Waals surface area contributed by atoms with Gasteiger partial charge in [0.15, 0.2) is 0 Å². The molecule has 0 saturated carbocycles. The number of carbonyl (C=O) groups excluding carboxylic acids is 3. The first-order valence-electron chi connectivity index (χ1n) is 11.9. The number of benzene rings is 2. The Kier molecular flexibility index (Phi) is 8.36. The van der Waals surface area contributed by atoms with Crippen LogP contribution >= 0.6 is 23.2 Å². The summed E-state index contributed by atoms with van der Waals surface area (Å²) in [5, 5.41) is 3.37. The molecule has 1 atom stereocenters. The van der Waals surface area contributed by atoms with E-state index in [2.05, 4.69) is 5.32 Å². The average molecular weight is 549 g/mol. The Hall–Kier alpha value is -3.14. The van der Waals surface area contributed by atoms with E-state index >= 15 is 0 Å². The molecule has 2 aromatic rings. The van der Waals surface area contributed by atoms with Crippen molar-refractivity contribution in [2.45, 2.75) is 13.0 Å². The highest BCUT2D eigenvalue weighted by Crippen LogP contribution is 2.37. The van der Waals surface area contributed by atoms with Crippen LogP contribution in [-0.2, 0) is 9.53 Å². The Labute approximate surface area is 224 Å². The van der Waals surface area contributed by atoms with Gasteiger partial charge in [-0.05, 0) is 30.7 Å². The summed E-state index contributed by atoms with van der Waals surface area (Å²) in [6.45, 7) is 3.80. The van der Waals surface area contributed by atoms with Gasteiger partial charge >= 0.3 is 12.0 Å². The quantitative estimate of drug-likeness (QED) is 0.549. The van der Waals surface area contributed by atoms with Gasteiger partial charge in [-0.25, -0.2) is 14.0 Å². The van der Waals surface area contributed by atoms with Crippen LogP contribution in [0.5, 0.6) is 0 Å². The lowest BCUT2D eigenvalue weighted by Gasteiger charge is -2.39. The molecule has 1 N–H and O–H groups in total. The van der Waals surface area contributed by atoms with Crippen molar-refractivity contribution >= 4 is 41.1 Å². The predicted molar refractivity (Wildman–Crippen MR) is 138 cm³/mol. The third-order valence-electron chi connectivity index (χ3n) is 6.50. The number of piperazine rings is 1. The minimum Gasteiger partial charge on any atom is -0.463 e. The van der Waals surface area contributed by atoms with Crippen molar-refractivity contribution in [2.75, 3.05) is 46.4 Å². The molecule has 0 radical (unpaired) electrons. The Bertz CT molecular complexity index is 1250. The number of likely N-dealkylation sites (N-methyl/N-ethyl adjacent to an activating group) is 1. The molecule has 0 bridgehead atoms. The van der Waals surface area contributed by atoms with E-state index < -0.39 is 23.9 Å².